The average molecular weight is 276 g/mol. The van der Waals surface area contributed by atoms with Crippen LogP contribution in [0.5, 0.6) is 0 Å². The first kappa shape index (κ1) is 14.1. The second-order valence-electron chi connectivity index (χ2n) is 4.55. The monoisotopic (exact) mass is 276 g/mol. The number of benzene rings is 1. The second kappa shape index (κ2) is 7.33. The van der Waals surface area contributed by atoms with Crippen molar-refractivity contribution in [1.82, 2.24) is 15.2 Å². The zero-order chi connectivity index (χ0) is 13.5. The maximum atomic E-state index is 5.62. The molecule has 1 unspecified atom stereocenters. The Morgan fingerprint density at radius 1 is 1.37 bits per heavy atom. The van der Waals surface area contributed by atoms with Gasteiger partial charge in [-0.25, -0.2) is 0 Å². The Kier molecular flexibility index (Phi) is 5.44. The van der Waals surface area contributed by atoms with Gasteiger partial charge in [-0.3, -0.25) is 16.0 Å². The Bertz CT molecular complexity index is 483. The molecule has 1 aromatic heterocycles. The van der Waals surface area contributed by atoms with Crippen LogP contribution in [-0.4, -0.2) is 21.6 Å². The first-order valence-corrected chi connectivity index (χ1v) is 7.38. The van der Waals surface area contributed by atoms with Crippen LogP contribution in [-0.2, 0) is 13.5 Å². The van der Waals surface area contributed by atoms with E-state index in [9.17, 15) is 0 Å². The van der Waals surface area contributed by atoms with Crippen LogP contribution in [0.15, 0.2) is 47.6 Å². The van der Waals surface area contributed by atoms with Crippen LogP contribution >= 0.6 is 11.8 Å². The number of thioether (sulfide) groups is 1. The molecule has 0 aliphatic heterocycles. The van der Waals surface area contributed by atoms with Crippen LogP contribution in [0.25, 0.3) is 0 Å². The molecule has 0 aliphatic carbocycles. The van der Waals surface area contributed by atoms with Crippen molar-refractivity contribution in [2.24, 2.45) is 12.9 Å². The molecule has 0 spiro atoms. The highest BCUT2D eigenvalue weighted by Crippen LogP contribution is 2.19. The smallest absolute Gasteiger partial charge is 0.0521 e. The minimum atomic E-state index is 0.311. The molecule has 19 heavy (non-hydrogen) atoms. The maximum absolute atomic E-state index is 5.62. The summed E-state index contributed by atoms with van der Waals surface area (Å²) in [7, 11) is 1.94. The van der Waals surface area contributed by atoms with Gasteiger partial charge in [-0.05, 0) is 30.5 Å². The third-order valence-electron chi connectivity index (χ3n) is 2.97. The molecule has 0 saturated carbocycles. The molecule has 2 rings (SSSR count). The van der Waals surface area contributed by atoms with Crippen LogP contribution in [0.4, 0.5) is 0 Å². The Labute approximate surface area is 118 Å². The highest BCUT2D eigenvalue weighted by atomic mass is 32.2. The van der Waals surface area contributed by atoms with E-state index in [1.807, 2.05) is 35.8 Å². The van der Waals surface area contributed by atoms with Gasteiger partial charge in [0.1, 0.15) is 0 Å². The number of aryl methyl sites for hydroxylation is 2. The average Bonchev–Trinajstić information content (AvgIpc) is 2.86. The Balaban J connectivity index is 1.77. The highest BCUT2D eigenvalue weighted by Gasteiger charge is 2.08. The van der Waals surface area contributed by atoms with E-state index < -0.39 is 0 Å². The molecule has 3 N–H and O–H groups in total. The minimum Gasteiger partial charge on any atom is -0.276 e. The second-order valence-corrected chi connectivity index (χ2v) is 5.64. The summed E-state index contributed by atoms with van der Waals surface area (Å²) in [5, 5.41) is 4.17. The Hall–Kier alpha value is -1.30. The predicted molar refractivity (Wildman–Crippen MR) is 79.8 cm³/mol. The van der Waals surface area contributed by atoms with Crippen LogP contribution < -0.4 is 11.3 Å². The fourth-order valence-corrected chi connectivity index (χ4v) is 2.88. The van der Waals surface area contributed by atoms with Gasteiger partial charge in [-0.2, -0.15) is 5.10 Å². The Morgan fingerprint density at radius 3 is 2.79 bits per heavy atom. The number of rotatable bonds is 7. The van der Waals surface area contributed by atoms with E-state index in [0.29, 0.717) is 6.04 Å². The zero-order valence-corrected chi connectivity index (χ0v) is 11.9. The van der Waals surface area contributed by atoms with Crippen molar-refractivity contribution in [1.29, 1.82) is 0 Å². The summed E-state index contributed by atoms with van der Waals surface area (Å²) in [5.74, 6) is 6.60. The molecule has 2 aromatic rings. The molecular formula is C14H20N4S. The van der Waals surface area contributed by atoms with Crippen molar-refractivity contribution < 1.29 is 0 Å². The van der Waals surface area contributed by atoms with Crippen molar-refractivity contribution >= 4 is 11.8 Å². The Morgan fingerprint density at radius 2 is 2.16 bits per heavy atom. The fraction of sp³-hybridized carbons (Fsp3) is 0.357. The lowest BCUT2D eigenvalue weighted by Crippen LogP contribution is -2.37. The van der Waals surface area contributed by atoms with Crippen molar-refractivity contribution in [3.05, 3.63) is 48.3 Å². The van der Waals surface area contributed by atoms with Crippen LogP contribution in [0, 0.1) is 0 Å². The quantitative estimate of drug-likeness (QED) is 0.461. The summed E-state index contributed by atoms with van der Waals surface area (Å²) >= 11 is 1.83. The molecule has 4 nitrogen and oxygen atoms in total. The zero-order valence-electron chi connectivity index (χ0n) is 11.1. The lowest BCUT2D eigenvalue weighted by Gasteiger charge is -2.14. The molecule has 1 atom stereocenters. The molecule has 1 heterocycles. The summed E-state index contributed by atoms with van der Waals surface area (Å²) in [4.78, 5) is 1.28. The van der Waals surface area contributed by atoms with Gasteiger partial charge in [0.15, 0.2) is 0 Å². The van der Waals surface area contributed by atoms with Gasteiger partial charge >= 0.3 is 0 Å². The first-order chi connectivity index (χ1) is 9.28. The van der Waals surface area contributed by atoms with Gasteiger partial charge in [0.2, 0.25) is 0 Å². The van der Waals surface area contributed by atoms with E-state index in [2.05, 4.69) is 41.0 Å². The van der Waals surface area contributed by atoms with Gasteiger partial charge in [0.05, 0.1) is 6.20 Å². The third kappa shape index (κ3) is 4.70. The van der Waals surface area contributed by atoms with Crippen LogP contribution in [0.1, 0.15) is 12.0 Å². The van der Waals surface area contributed by atoms with Crippen molar-refractivity contribution in [3.8, 4) is 0 Å². The number of nitrogens with one attached hydrogen (secondary N) is 1. The number of aromatic nitrogens is 2. The van der Waals surface area contributed by atoms with Crippen LogP contribution in [0.2, 0.25) is 0 Å². The molecule has 0 aliphatic rings. The third-order valence-corrected chi connectivity index (χ3v) is 4.14. The number of nitrogens with zero attached hydrogens (tertiary/aromatic N) is 2. The highest BCUT2D eigenvalue weighted by molar-refractivity contribution is 7.99. The first-order valence-electron chi connectivity index (χ1n) is 6.39. The van der Waals surface area contributed by atoms with Gasteiger partial charge in [0.25, 0.3) is 0 Å². The lowest BCUT2D eigenvalue weighted by atomic mass is 10.1. The molecule has 1 aromatic carbocycles. The predicted octanol–water partition coefficient (Wildman–Crippen LogP) is 1.98. The standard InChI is InChI=1S/C14H20N4S/c1-18-10-12(9-16-18)7-8-13(17-15)11-19-14-5-3-2-4-6-14/h2-6,9-10,13,17H,7-8,11,15H2,1H3. The van der Waals surface area contributed by atoms with E-state index in [0.717, 1.165) is 18.6 Å². The van der Waals surface area contributed by atoms with E-state index in [1.165, 1.54) is 10.5 Å². The molecule has 0 saturated heterocycles. The number of nitrogens with two attached hydrogens (primary N) is 1. The van der Waals surface area contributed by atoms with E-state index in [-0.39, 0.29) is 0 Å². The van der Waals surface area contributed by atoms with Crippen LogP contribution in [0.3, 0.4) is 0 Å². The van der Waals surface area contributed by atoms with Crippen molar-refractivity contribution in [2.75, 3.05) is 5.75 Å². The van der Waals surface area contributed by atoms with E-state index in [4.69, 9.17) is 5.84 Å². The summed E-state index contributed by atoms with van der Waals surface area (Å²) in [5.41, 5.74) is 4.16. The van der Waals surface area contributed by atoms with Crippen molar-refractivity contribution in [2.45, 2.75) is 23.8 Å². The summed E-state index contributed by atoms with van der Waals surface area (Å²) in [6, 6.07) is 10.7. The van der Waals surface area contributed by atoms with Crippen molar-refractivity contribution in [3.63, 3.8) is 0 Å². The normalized spacial score (nSPS) is 12.5. The van der Waals surface area contributed by atoms with Gasteiger partial charge in [0, 0.05) is 29.9 Å². The van der Waals surface area contributed by atoms with Gasteiger partial charge in [-0.1, -0.05) is 18.2 Å². The fourth-order valence-electron chi connectivity index (χ4n) is 1.87. The van der Waals surface area contributed by atoms with E-state index >= 15 is 0 Å². The minimum absolute atomic E-state index is 0.311. The molecular weight excluding hydrogens is 256 g/mol. The molecule has 0 bridgehead atoms. The molecule has 5 heteroatoms. The lowest BCUT2D eigenvalue weighted by molar-refractivity contribution is 0.539. The summed E-state index contributed by atoms with van der Waals surface area (Å²) < 4.78 is 1.83. The number of hydrogen-bond donors (Lipinski definition) is 2. The number of hydrogen-bond acceptors (Lipinski definition) is 4. The molecule has 102 valence electrons. The molecule has 0 fully saturated rings. The largest absolute Gasteiger partial charge is 0.276 e. The van der Waals surface area contributed by atoms with E-state index in [1.54, 1.807) is 0 Å². The number of hydrazine groups is 1. The maximum Gasteiger partial charge on any atom is 0.0521 e. The topological polar surface area (TPSA) is 55.9 Å². The summed E-state index contributed by atoms with van der Waals surface area (Å²) in [6.07, 6.45) is 5.98. The summed E-state index contributed by atoms with van der Waals surface area (Å²) in [6.45, 7) is 0. The van der Waals surface area contributed by atoms with Gasteiger partial charge < -0.3 is 0 Å². The molecule has 0 amide bonds. The molecule has 0 radical (unpaired) electrons. The SMILES string of the molecule is Cn1cc(CCC(CSc2ccccc2)NN)cn1. The van der Waals surface area contributed by atoms with Gasteiger partial charge in [-0.15, -0.1) is 11.8 Å².